The minimum Gasteiger partial charge on any atom is -0.481 e. The molecule has 2 N–H and O–H groups in total. The number of carbonyl (C=O) groups is 1. The summed E-state index contributed by atoms with van der Waals surface area (Å²) in [6.07, 6.45) is 14.9. The van der Waals surface area contributed by atoms with Gasteiger partial charge in [-0.05, 0) is 98.3 Å². The Morgan fingerprint density at radius 1 is 1.02 bits per heavy atom. The molecule has 6 aliphatic rings. The van der Waals surface area contributed by atoms with E-state index in [-0.39, 0.29) is 50.7 Å². The van der Waals surface area contributed by atoms with Crippen molar-refractivity contribution < 1.29 is 24.1 Å². The van der Waals surface area contributed by atoms with Gasteiger partial charge in [-0.25, -0.2) is 0 Å². The smallest absolute Gasteiger partial charge is 0.307 e. The van der Waals surface area contributed by atoms with Crippen molar-refractivity contribution in [1.29, 1.82) is 0 Å². The average molecular weight is 628 g/mol. The number of allylic oxidation sites excluding steroid dienone is 1. The normalized spacial score (nSPS) is 48.0. The molecule has 0 unspecified atom stereocenters. The summed E-state index contributed by atoms with van der Waals surface area (Å²) in [4.78, 5) is 13.4. The number of fused-ring (bicyclic) bond motifs is 3. The van der Waals surface area contributed by atoms with Gasteiger partial charge in [-0.3, -0.25) is 4.79 Å². The molecule has 0 amide bonds. The molecule has 2 bridgehead atoms. The molecule has 6 rings (SSSR count). The van der Waals surface area contributed by atoms with Crippen LogP contribution in [0.2, 0.25) is 0 Å². The number of rotatable bonds is 8. The maximum Gasteiger partial charge on any atom is 0.307 e. The molecule has 11 atom stereocenters. The molecular formula is C39H65NO5. The van der Waals surface area contributed by atoms with Crippen LogP contribution in [0.5, 0.6) is 0 Å². The monoisotopic (exact) mass is 627 g/mol. The SMILES string of the molecule is CNC1(CO[C@H]2[C@H](OC)C[C@@]34COC[C@@]2(C)[C@@H]3CC[C@H]2C4=CC[C@@]3(C)[C@H](C(=O)O)[C@@](C)([C@H](C)C(C)C)CC[C@]23C)CCCCC1. The molecule has 6 nitrogen and oxygen atoms in total. The summed E-state index contributed by atoms with van der Waals surface area (Å²) < 4.78 is 20.1. The lowest BCUT2D eigenvalue weighted by molar-refractivity contribution is -0.270. The predicted molar refractivity (Wildman–Crippen MR) is 179 cm³/mol. The Hall–Kier alpha value is -0.950. The molecule has 1 aliphatic heterocycles. The highest BCUT2D eigenvalue weighted by Crippen LogP contribution is 2.75. The van der Waals surface area contributed by atoms with Crippen LogP contribution >= 0.6 is 0 Å². The Balaban J connectivity index is 1.36. The van der Waals surface area contributed by atoms with Crippen LogP contribution in [0.15, 0.2) is 11.6 Å². The van der Waals surface area contributed by atoms with Crippen LogP contribution in [0.25, 0.3) is 0 Å². The lowest BCUT2D eigenvalue weighted by Crippen LogP contribution is -2.70. The second-order valence-corrected chi connectivity index (χ2v) is 18.1. The van der Waals surface area contributed by atoms with Crippen molar-refractivity contribution in [2.24, 2.45) is 56.7 Å². The molecular weight excluding hydrogens is 562 g/mol. The summed E-state index contributed by atoms with van der Waals surface area (Å²) >= 11 is 0. The third kappa shape index (κ3) is 4.71. The summed E-state index contributed by atoms with van der Waals surface area (Å²) in [5, 5.41) is 14.6. The Kier molecular flexibility index (Phi) is 8.74. The molecule has 1 saturated heterocycles. The number of carboxylic acid groups (broad SMARTS) is 1. The van der Waals surface area contributed by atoms with Gasteiger partial charge in [0.2, 0.25) is 0 Å². The van der Waals surface area contributed by atoms with Crippen molar-refractivity contribution in [3.8, 4) is 0 Å². The third-order valence-corrected chi connectivity index (χ3v) is 16.3. The summed E-state index contributed by atoms with van der Waals surface area (Å²) in [5.41, 5.74) is 0.846. The zero-order valence-corrected chi connectivity index (χ0v) is 30.1. The lowest BCUT2D eigenvalue weighted by atomic mass is 9.34. The van der Waals surface area contributed by atoms with E-state index < -0.39 is 5.97 Å². The van der Waals surface area contributed by atoms with Gasteiger partial charge in [-0.15, -0.1) is 0 Å². The highest BCUT2D eigenvalue weighted by atomic mass is 16.5. The summed E-state index contributed by atoms with van der Waals surface area (Å²) in [6.45, 7) is 18.6. The van der Waals surface area contributed by atoms with Gasteiger partial charge in [0.25, 0.3) is 0 Å². The quantitative estimate of drug-likeness (QED) is 0.267. The zero-order chi connectivity index (χ0) is 32.6. The minimum absolute atomic E-state index is 0.000954. The van der Waals surface area contributed by atoms with Crippen LogP contribution in [0.4, 0.5) is 0 Å². The number of hydrogen-bond acceptors (Lipinski definition) is 5. The van der Waals surface area contributed by atoms with Crippen molar-refractivity contribution >= 4 is 5.97 Å². The molecule has 5 fully saturated rings. The van der Waals surface area contributed by atoms with E-state index >= 15 is 0 Å². The maximum absolute atomic E-state index is 13.4. The molecule has 0 aromatic rings. The standard InChI is InChI=1S/C39H65NO5/c1-25(2)26(3)34(4)19-20-36(6)27-13-14-30-35(5)22-44-24-39(30,28(27)15-18-37(36,7)31(34)33(41)42)21-29(43-9)32(35)45-23-38(40-8)16-11-10-12-17-38/h15,25-27,29-32,40H,10-14,16-24H2,1-9H3,(H,41,42)/t26-,27+,29-,30+,31-,32+,34-,35+,36-,37+,39+/m1/s1. The van der Waals surface area contributed by atoms with Crippen molar-refractivity contribution in [3.05, 3.63) is 11.6 Å². The molecule has 0 aromatic carbocycles. The molecule has 0 aromatic heterocycles. The highest BCUT2D eigenvalue weighted by Gasteiger charge is 2.71. The lowest BCUT2D eigenvalue weighted by Gasteiger charge is -2.71. The van der Waals surface area contributed by atoms with Gasteiger partial charge in [0.05, 0.1) is 37.9 Å². The van der Waals surface area contributed by atoms with Gasteiger partial charge in [-0.2, -0.15) is 0 Å². The van der Waals surface area contributed by atoms with Crippen LogP contribution < -0.4 is 5.32 Å². The molecule has 6 heteroatoms. The molecule has 1 heterocycles. The Morgan fingerprint density at radius 2 is 1.73 bits per heavy atom. The second-order valence-electron chi connectivity index (χ2n) is 18.1. The van der Waals surface area contributed by atoms with E-state index in [1.807, 2.05) is 7.11 Å². The van der Waals surface area contributed by atoms with E-state index in [9.17, 15) is 9.90 Å². The first-order chi connectivity index (χ1) is 21.2. The number of carboxylic acids is 1. The van der Waals surface area contributed by atoms with Gasteiger partial charge in [0, 0.05) is 23.5 Å². The van der Waals surface area contributed by atoms with Gasteiger partial charge in [0.15, 0.2) is 0 Å². The molecule has 0 radical (unpaired) electrons. The van der Waals surface area contributed by atoms with E-state index in [4.69, 9.17) is 14.2 Å². The van der Waals surface area contributed by atoms with Crippen LogP contribution in [0, 0.1) is 56.7 Å². The van der Waals surface area contributed by atoms with Crippen molar-refractivity contribution in [2.75, 3.05) is 34.0 Å². The molecule has 5 aliphatic carbocycles. The molecule has 0 spiro atoms. The number of hydrogen-bond donors (Lipinski definition) is 2. The van der Waals surface area contributed by atoms with Crippen molar-refractivity contribution in [1.82, 2.24) is 5.32 Å². The van der Waals surface area contributed by atoms with E-state index in [1.54, 1.807) is 5.57 Å². The number of likely N-dealkylation sites (N-methyl/N-ethyl adjacent to an activating group) is 1. The molecule has 45 heavy (non-hydrogen) atoms. The first kappa shape index (κ1) is 33.9. The fraction of sp³-hybridized carbons (Fsp3) is 0.923. The number of nitrogens with one attached hydrogen (secondary N) is 1. The summed E-state index contributed by atoms with van der Waals surface area (Å²) in [6, 6.07) is 0. The number of methoxy groups -OCH3 is 1. The van der Waals surface area contributed by atoms with Gasteiger partial charge in [-0.1, -0.05) is 79.4 Å². The summed E-state index contributed by atoms with van der Waals surface area (Å²) in [5.74, 6) is 0.703. The Morgan fingerprint density at radius 3 is 2.36 bits per heavy atom. The fourth-order valence-electron chi connectivity index (χ4n) is 13.0. The van der Waals surface area contributed by atoms with E-state index in [1.165, 1.54) is 32.1 Å². The average Bonchev–Trinajstić information content (AvgIpc) is 3.00. The minimum atomic E-state index is -0.592. The first-order valence-electron chi connectivity index (χ1n) is 18.5. The summed E-state index contributed by atoms with van der Waals surface area (Å²) in [7, 11) is 3.99. The van der Waals surface area contributed by atoms with Crippen LogP contribution in [0.3, 0.4) is 0 Å². The van der Waals surface area contributed by atoms with Gasteiger partial charge in [0.1, 0.15) is 0 Å². The van der Waals surface area contributed by atoms with Crippen LogP contribution in [-0.2, 0) is 19.0 Å². The van der Waals surface area contributed by atoms with Crippen LogP contribution in [-0.4, -0.2) is 62.8 Å². The maximum atomic E-state index is 13.4. The molecule has 4 saturated carbocycles. The topological polar surface area (TPSA) is 77.0 Å². The number of ether oxygens (including phenoxy) is 3. The van der Waals surface area contributed by atoms with Crippen molar-refractivity contribution in [3.63, 3.8) is 0 Å². The predicted octanol–water partition coefficient (Wildman–Crippen LogP) is 7.90. The molecule has 256 valence electrons. The second kappa shape index (κ2) is 11.6. The first-order valence-corrected chi connectivity index (χ1v) is 18.5. The Labute approximate surface area is 274 Å². The van der Waals surface area contributed by atoms with E-state index in [0.717, 1.165) is 58.3 Å². The van der Waals surface area contributed by atoms with Crippen LogP contribution in [0.1, 0.15) is 119 Å². The highest BCUT2D eigenvalue weighted by molar-refractivity contribution is 5.73. The van der Waals surface area contributed by atoms with Crippen molar-refractivity contribution in [2.45, 2.75) is 137 Å². The van der Waals surface area contributed by atoms with E-state index in [0.29, 0.717) is 23.7 Å². The largest absolute Gasteiger partial charge is 0.481 e. The zero-order valence-electron chi connectivity index (χ0n) is 30.1. The Bertz CT molecular complexity index is 1160. The number of aliphatic carboxylic acids is 1. The van der Waals surface area contributed by atoms with Gasteiger partial charge < -0.3 is 24.6 Å². The van der Waals surface area contributed by atoms with E-state index in [2.05, 4.69) is 66.9 Å². The third-order valence-electron chi connectivity index (χ3n) is 16.3. The fourth-order valence-corrected chi connectivity index (χ4v) is 13.0. The van der Waals surface area contributed by atoms with Gasteiger partial charge >= 0.3 is 5.97 Å².